The molecule has 4 nitrogen and oxygen atoms in total. The number of carbonyl (C=O) groups excluding carboxylic acids is 2. The third kappa shape index (κ3) is 4.21. The van der Waals surface area contributed by atoms with Gasteiger partial charge in [-0.05, 0) is 18.8 Å². The highest BCUT2D eigenvalue weighted by Gasteiger charge is 2.19. The van der Waals surface area contributed by atoms with E-state index < -0.39 is 0 Å². The number of rotatable bonds is 5. The number of amides is 1. The molecule has 1 amide bonds. The van der Waals surface area contributed by atoms with Crippen LogP contribution in [0.3, 0.4) is 0 Å². The van der Waals surface area contributed by atoms with Crippen molar-refractivity contribution >= 4 is 11.9 Å². The van der Waals surface area contributed by atoms with Gasteiger partial charge in [-0.2, -0.15) is 0 Å². The van der Waals surface area contributed by atoms with Crippen LogP contribution < -0.4 is 0 Å². The third-order valence-corrected chi connectivity index (χ3v) is 3.20. The molecular formula is C12H21NO3. The van der Waals surface area contributed by atoms with E-state index in [4.69, 9.17) is 0 Å². The summed E-state index contributed by atoms with van der Waals surface area (Å²) in [6, 6.07) is 0. The van der Waals surface area contributed by atoms with Crippen molar-refractivity contribution in [3.05, 3.63) is 0 Å². The van der Waals surface area contributed by atoms with Crippen molar-refractivity contribution in [3.8, 4) is 0 Å². The van der Waals surface area contributed by atoms with E-state index in [1.54, 1.807) is 4.90 Å². The number of nitrogens with zero attached hydrogens (tertiary/aromatic N) is 1. The van der Waals surface area contributed by atoms with E-state index >= 15 is 0 Å². The maximum atomic E-state index is 11.7. The van der Waals surface area contributed by atoms with Crippen LogP contribution in [0.25, 0.3) is 0 Å². The van der Waals surface area contributed by atoms with Gasteiger partial charge in [0.25, 0.3) is 0 Å². The summed E-state index contributed by atoms with van der Waals surface area (Å²) in [6.07, 6.45) is 5.48. The zero-order chi connectivity index (χ0) is 12.0. The summed E-state index contributed by atoms with van der Waals surface area (Å²) in [6.45, 7) is 0.833. The largest absolute Gasteiger partial charge is 0.469 e. The Kier molecular flexibility index (Phi) is 5.29. The standard InChI is InChI=1S/C12H21NO3/c1-13(9-10-5-3-4-6-10)11(14)7-8-12(15)16-2/h10H,3-9H2,1-2H3. The fraction of sp³-hybridized carbons (Fsp3) is 0.833. The Hall–Kier alpha value is -1.06. The van der Waals surface area contributed by atoms with Crippen molar-refractivity contribution in [1.82, 2.24) is 4.90 Å². The highest BCUT2D eigenvalue weighted by Crippen LogP contribution is 2.25. The summed E-state index contributed by atoms with van der Waals surface area (Å²) in [7, 11) is 3.16. The van der Waals surface area contributed by atoms with E-state index in [1.165, 1.54) is 32.8 Å². The predicted octanol–water partition coefficient (Wildman–Crippen LogP) is 1.59. The summed E-state index contributed by atoms with van der Waals surface area (Å²) >= 11 is 0. The van der Waals surface area contributed by atoms with Crippen LogP contribution in [0.4, 0.5) is 0 Å². The molecule has 0 spiro atoms. The average molecular weight is 227 g/mol. The highest BCUT2D eigenvalue weighted by atomic mass is 16.5. The topological polar surface area (TPSA) is 46.6 Å². The smallest absolute Gasteiger partial charge is 0.306 e. The van der Waals surface area contributed by atoms with Crippen LogP contribution in [-0.2, 0) is 14.3 Å². The second-order valence-electron chi connectivity index (χ2n) is 4.50. The van der Waals surface area contributed by atoms with Gasteiger partial charge < -0.3 is 9.64 Å². The van der Waals surface area contributed by atoms with Crippen molar-refractivity contribution in [2.45, 2.75) is 38.5 Å². The van der Waals surface area contributed by atoms with E-state index in [2.05, 4.69) is 4.74 Å². The molecule has 0 bridgehead atoms. The fourth-order valence-electron chi connectivity index (χ4n) is 2.18. The molecule has 0 atom stereocenters. The molecule has 16 heavy (non-hydrogen) atoms. The predicted molar refractivity (Wildman–Crippen MR) is 60.8 cm³/mol. The Morgan fingerprint density at radius 1 is 1.25 bits per heavy atom. The third-order valence-electron chi connectivity index (χ3n) is 3.20. The van der Waals surface area contributed by atoms with Crippen molar-refractivity contribution in [3.63, 3.8) is 0 Å². The molecule has 0 aromatic rings. The Morgan fingerprint density at radius 2 is 1.88 bits per heavy atom. The van der Waals surface area contributed by atoms with Crippen LogP contribution in [-0.4, -0.2) is 37.5 Å². The first kappa shape index (κ1) is 13.0. The van der Waals surface area contributed by atoms with E-state index in [0.29, 0.717) is 5.92 Å². The van der Waals surface area contributed by atoms with Crippen LogP contribution >= 0.6 is 0 Å². The lowest BCUT2D eigenvalue weighted by atomic mass is 10.1. The summed E-state index contributed by atoms with van der Waals surface area (Å²) < 4.78 is 4.50. The molecule has 0 aliphatic heterocycles. The first-order valence-corrected chi connectivity index (χ1v) is 5.94. The second-order valence-corrected chi connectivity index (χ2v) is 4.50. The van der Waals surface area contributed by atoms with E-state index in [1.807, 2.05) is 7.05 Å². The van der Waals surface area contributed by atoms with Crippen molar-refractivity contribution < 1.29 is 14.3 Å². The lowest BCUT2D eigenvalue weighted by molar-refractivity contribution is -0.143. The van der Waals surface area contributed by atoms with Crippen LogP contribution in [0.5, 0.6) is 0 Å². The van der Waals surface area contributed by atoms with Crippen LogP contribution in [0.15, 0.2) is 0 Å². The zero-order valence-corrected chi connectivity index (χ0v) is 10.2. The Bertz CT molecular complexity index is 247. The summed E-state index contributed by atoms with van der Waals surface area (Å²) in [5, 5.41) is 0. The quantitative estimate of drug-likeness (QED) is 0.670. The van der Waals surface area contributed by atoms with Gasteiger partial charge in [-0.15, -0.1) is 0 Å². The molecule has 1 rings (SSSR count). The van der Waals surface area contributed by atoms with Gasteiger partial charge in [0.2, 0.25) is 5.91 Å². The first-order chi connectivity index (χ1) is 7.63. The monoisotopic (exact) mass is 227 g/mol. The number of hydrogen-bond donors (Lipinski definition) is 0. The highest BCUT2D eigenvalue weighted by molar-refractivity contribution is 5.81. The molecule has 4 heteroatoms. The molecule has 0 aromatic carbocycles. The molecule has 0 N–H and O–H groups in total. The van der Waals surface area contributed by atoms with Gasteiger partial charge in [0.05, 0.1) is 13.5 Å². The molecule has 1 saturated carbocycles. The number of ether oxygens (including phenoxy) is 1. The van der Waals surface area contributed by atoms with Gasteiger partial charge in [-0.25, -0.2) is 0 Å². The van der Waals surface area contributed by atoms with Crippen LogP contribution in [0.2, 0.25) is 0 Å². The molecule has 92 valence electrons. The molecule has 1 fully saturated rings. The Labute approximate surface area is 96.9 Å². The summed E-state index contributed by atoms with van der Waals surface area (Å²) in [4.78, 5) is 24.3. The molecule has 0 aromatic heterocycles. The van der Waals surface area contributed by atoms with Gasteiger partial charge in [0.1, 0.15) is 0 Å². The Balaban J connectivity index is 2.21. The SMILES string of the molecule is COC(=O)CCC(=O)N(C)CC1CCCC1. The van der Waals surface area contributed by atoms with Gasteiger partial charge in [-0.1, -0.05) is 12.8 Å². The minimum atomic E-state index is -0.317. The molecule has 0 saturated heterocycles. The minimum absolute atomic E-state index is 0.0392. The van der Waals surface area contributed by atoms with Gasteiger partial charge >= 0.3 is 5.97 Å². The second kappa shape index (κ2) is 6.51. The normalized spacial score (nSPS) is 16.1. The molecular weight excluding hydrogens is 206 g/mol. The maximum absolute atomic E-state index is 11.7. The zero-order valence-electron chi connectivity index (χ0n) is 10.2. The average Bonchev–Trinajstić information content (AvgIpc) is 2.77. The van der Waals surface area contributed by atoms with Crippen molar-refractivity contribution in [2.75, 3.05) is 20.7 Å². The van der Waals surface area contributed by atoms with Crippen LogP contribution in [0.1, 0.15) is 38.5 Å². The molecule has 1 aliphatic rings. The summed E-state index contributed by atoms with van der Waals surface area (Å²) in [5.74, 6) is 0.381. The van der Waals surface area contributed by atoms with Crippen molar-refractivity contribution in [2.24, 2.45) is 5.92 Å². The minimum Gasteiger partial charge on any atom is -0.469 e. The first-order valence-electron chi connectivity index (χ1n) is 5.94. The number of carbonyl (C=O) groups is 2. The van der Waals surface area contributed by atoms with E-state index in [0.717, 1.165) is 6.54 Å². The number of esters is 1. The van der Waals surface area contributed by atoms with Gasteiger partial charge in [0, 0.05) is 20.0 Å². The Morgan fingerprint density at radius 3 is 2.44 bits per heavy atom. The lowest BCUT2D eigenvalue weighted by Gasteiger charge is -2.20. The molecule has 0 unspecified atom stereocenters. The maximum Gasteiger partial charge on any atom is 0.306 e. The number of methoxy groups -OCH3 is 1. The van der Waals surface area contributed by atoms with Gasteiger partial charge in [0.15, 0.2) is 0 Å². The van der Waals surface area contributed by atoms with E-state index in [-0.39, 0.29) is 24.7 Å². The van der Waals surface area contributed by atoms with Gasteiger partial charge in [-0.3, -0.25) is 9.59 Å². The number of hydrogen-bond acceptors (Lipinski definition) is 3. The lowest BCUT2D eigenvalue weighted by Crippen LogP contribution is -2.31. The van der Waals surface area contributed by atoms with Crippen molar-refractivity contribution in [1.29, 1.82) is 0 Å². The summed E-state index contributed by atoms with van der Waals surface area (Å²) in [5.41, 5.74) is 0. The molecule has 0 radical (unpaired) electrons. The molecule has 1 aliphatic carbocycles. The van der Waals surface area contributed by atoms with Crippen LogP contribution in [0, 0.1) is 5.92 Å². The fourth-order valence-corrected chi connectivity index (χ4v) is 2.18. The van der Waals surface area contributed by atoms with E-state index in [9.17, 15) is 9.59 Å². The molecule has 0 heterocycles.